The number of hydrogen-bond donors (Lipinski definition) is 1. The van der Waals surface area contributed by atoms with E-state index >= 15 is 0 Å². The summed E-state index contributed by atoms with van der Waals surface area (Å²) in [6.07, 6.45) is 1.28. The standard InChI is InChI=1S/C19H27ClN2O4/c1-19(2,3)18(24)22-8-6-12(7-9-22)17(23)21-14-10-13(20)15(25-4)11-16(14)26-5/h10-12H,6-9H2,1-5H3,(H,21,23). The number of nitrogens with zero attached hydrogens (tertiary/aromatic N) is 1. The minimum absolute atomic E-state index is 0.0904. The van der Waals surface area contributed by atoms with Crippen LogP contribution in [0.2, 0.25) is 5.02 Å². The highest BCUT2D eigenvalue weighted by Gasteiger charge is 2.32. The summed E-state index contributed by atoms with van der Waals surface area (Å²) < 4.78 is 10.5. The van der Waals surface area contributed by atoms with E-state index in [0.717, 1.165) is 0 Å². The van der Waals surface area contributed by atoms with Crippen molar-refractivity contribution in [1.82, 2.24) is 4.90 Å². The summed E-state index contributed by atoms with van der Waals surface area (Å²) in [7, 11) is 3.04. The van der Waals surface area contributed by atoms with Crippen LogP contribution in [0.4, 0.5) is 5.69 Å². The van der Waals surface area contributed by atoms with Gasteiger partial charge < -0.3 is 19.7 Å². The van der Waals surface area contributed by atoms with Gasteiger partial charge in [0.2, 0.25) is 11.8 Å². The molecule has 26 heavy (non-hydrogen) atoms. The van der Waals surface area contributed by atoms with E-state index in [2.05, 4.69) is 5.32 Å². The summed E-state index contributed by atoms with van der Waals surface area (Å²) >= 11 is 6.15. The second-order valence-corrected chi connectivity index (χ2v) is 7.90. The van der Waals surface area contributed by atoms with Crippen molar-refractivity contribution in [2.75, 3.05) is 32.6 Å². The van der Waals surface area contributed by atoms with E-state index in [0.29, 0.717) is 48.1 Å². The van der Waals surface area contributed by atoms with Crippen LogP contribution in [0, 0.1) is 11.3 Å². The zero-order valence-corrected chi connectivity index (χ0v) is 16.8. The number of ether oxygens (including phenoxy) is 2. The normalized spacial score (nSPS) is 15.5. The van der Waals surface area contributed by atoms with E-state index < -0.39 is 5.41 Å². The van der Waals surface area contributed by atoms with Crippen LogP contribution in [0.25, 0.3) is 0 Å². The van der Waals surface area contributed by atoms with Crippen LogP contribution in [0.15, 0.2) is 12.1 Å². The molecule has 0 spiro atoms. The number of hydrogen-bond acceptors (Lipinski definition) is 4. The Balaban J connectivity index is 2.02. The molecule has 1 saturated heterocycles. The molecule has 1 aliphatic heterocycles. The topological polar surface area (TPSA) is 67.9 Å². The average Bonchev–Trinajstić information content (AvgIpc) is 2.60. The lowest BCUT2D eigenvalue weighted by Crippen LogP contribution is -2.45. The molecule has 7 heteroatoms. The molecule has 1 aromatic rings. The van der Waals surface area contributed by atoms with Crippen LogP contribution in [0.1, 0.15) is 33.6 Å². The number of benzene rings is 1. The van der Waals surface area contributed by atoms with Gasteiger partial charge in [-0.3, -0.25) is 9.59 Å². The molecule has 0 aliphatic carbocycles. The Morgan fingerprint density at radius 3 is 2.19 bits per heavy atom. The summed E-state index contributed by atoms with van der Waals surface area (Å²) in [6.45, 7) is 6.92. The van der Waals surface area contributed by atoms with Crippen molar-refractivity contribution in [3.63, 3.8) is 0 Å². The summed E-state index contributed by atoms with van der Waals surface area (Å²) in [4.78, 5) is 26.8. The molecule has 2 rings (SSSR count). The van der Waals surface area contributed by atoms with Crippen molar-refractivity contribution in [3.05, 3.63) is 17.2 Å². The van der Waals surface area contributed by atoms with Crippen LogP contribution in [-0.2, 0) is 9.59 Å². The molecule has 0 saturated carbocycles. The van der Waals surface area contributed by atoms with E-state index in [1.807, 2.05) is 25.7 Å². The van der Waals surface area contributed by atoms with Gasteiger partial charge in [-0.2, -0.15) is 0 Å². The zero-order chi connectivity index (χ0) is 19.5. The zero-order valence-electron chi connectivity index (χ0n) is 16.0. The van der Waals surface area contributed by atoms with E-state index in [1.54, 1.807) is 12.1 Å². The first kappa shape index (κ1) is 20.4. The Kier molecular flexibility index (Phi) is 6.39. The van der Waals surface area contributed by atoms with Crippen molar-refractivity contribution in [1.29, 1.82) is 0 Å². The molecule has 6 nitrogen and oxygen atoms in total. The molecule has 0 atom stereocenters. The summed E-state index contributed by atoms with van der Waals surface area (Å²) in [6, 6.07) is 3.26. The molecule has 1 aliphatic rings. The predicted molar refractivity (Wildman–Crippen MR) is 102 cm³/mol. The largest absolute Gasteiger partial charge is 0.495 e. The van der Waals surface area contributed by atoms with E-state index in [9.17, 15) is 9.59 Å². The maximum absolute atomic E-state index is 12.6. The van der Waals surface area contributed by atoms with Gasteiger partial charge in [0, 0.05) is 30.5 Å². The molecule has 0 unspecified atom stereocenters. The minimum Gasteiger partial charge on any atom is -0.495 e. The summed E-state index contributed by atoms with van der Waals surface area (Å²) in [5, 5.41) is 3.29. The number of piperidine rings is 1. The molecule has 0 radical (unpaired) electrons. The van der Waals surface area contributed by atoms with Crippen molar-refractivity contribution < 1.29 is 19.1 Å². The monoisotopic (exact) mass is 382 g/mol. The SMILES string of the molecule is COc1cc(OC)c(NC(=O)C2CCN(C(=O)C(C)(C)C)CC2)cc1Cl. The average molecular weight is 383 g/mol. The highest BCUT2D eigenvalue weighted by Crippen LogP contribution is 2.36. The van der Waals surface area contributed by atoms with Gasteiger partial charge in [0.25, 0.3) is 0 Å². The molecule has 1 N–H and O–H groups in total. The first-order valence-corrected chi connectivity index (χ1v) is 9.07. The number of amides is 2. The molecular formula is C19H27ClN2O4. The van der Waals surface area contributed by atoms with Crippen LogP contribution in [-0.4, -0.2) is 44.0 Å². The van der Waals surface area contributed by atoms with Gasteiger partial charge >= 0.3 is 0 Å². The number of halogens is 1. The molecule has 1 heterocycles. The number of carbonyl (C=O) groups excluding carboxylic acids is 2. The fraction of sp³-hybridized carbons (Fsp3) is 0.579. The Hall–Kier alpha value is -1.95. The van der Waals surface area contributed by atoms with Gasteiger partial charge in [0.1, 0.15) is 11.5 Å². The molecule has 0 bridgehead atoms. The first-order valence-electron chi connectivity index (χ1n) is 8.69. The fourth-order valence-electron chi connectivity index (χ4n) is 3.01. The maximum atomic E-state index is 12.6. The Morgan fingerprint density at radius 2 is 1.69 bits per heavy atom. The van der Waals surface area contributed by atoms with Gasteiger partial charge in [-0.15, -0.1) is 0 Å². The quantitative estimate of drug-likeness (QED) is 0.864. The Morgan fingerprint density at radius 1 is 1.12 bits per heavy atom. The van der Waals surface area contributed by atoms with Crippen molar-refractivity contribution in [3.8, 4) is 11.5 Å². The van der Waals surface area contributed by atoms with Gasteiger partial charge in [0.15, 0.2) is 0 Å². The van der Waals surface area contributed by atoms with E-state index in [4.69, 9.17) is 21.1 Å². The maximum Gasteiger partial charge on any atom is 0.227 e. The molecule has 2 amide bonds. The summed E-state index contributed by atoms with van der Waals surface area (Å²) in [5.41, 5.74) is 0.110. The lowest BCUT2D eigenvalue weighted by Gasteiger charge is -2.35. The van der Waals surface area contributed by atoms with Gasteiger partial charge in [-0.25, -0.2) is 0 Å². The highest BCUT2D eigenvalue weighted by atomic mass is 35.5. The smallest absolute Gasteiger partial charge is 0.227 e. The summed E-state index contributed by atoms with van der Waals surface area (Å²) in [5.74, 6) is 0.854. The van der Waals surface area contributed by atoms with Crippen LogP contribution < -0.4 is 14.8 Å². The minimum atomic E-state index is -0.400. The molecule has 1 aromatic carbocycles. The molecule has 144 valence electrons. The van der Waals surface area contributed by atoms with Crippen molar-refractivity contribution in [2.45, 2.75) is 33.6 Å². The fourth-order valence-corrected chi connectivity index (χ4v) is 3.25. The Labute approximate surface area is 159 Å². The third kappa shape index (κ3) is 4.61. The number of likely N-dealkylation sites (tertiary alicyclic amines) is 1. The van der Waals surface area contributed by atoms with Gasteiger partial charge in [-0.1, -0.05) is 32.4 Å². The van der Waals surface area contributed by atoms with Crippen LogP contribution in [0.3, 0.4) is 0 Å². The lowest BCUT2D eigenvalue weighted by atomic mass is 9.90. The number of carbonyl (C=O) groups is 2. The lowest BCUT2D eigenvalue weighted by molar-refractivity contribution is -0.142. The van der Waals surface area contributed by atoms with Crippen molar-refractivity contribution >= 4 is 29.1 Å². The van der Waals surface area contributed by atoms with Crippen LogP contribution in [0.5, 0.6) is 11.5 Å². The number of nitrogens with one attached hydrogen (secondary N) is 1. The highest BCUT2D eigenvalue weighted by molar-refractivity contribution is 6.32. The van der Waals surface area contributed by atoms with Crippen LogP contribution >= 0.6 is 11.6 Å². The van der Waals surface area contributed by atoms with E-state index in [-0.39, 0.29) is 17.7 Å². The second-order valence-electron chi connectivity index (χ2n) is 7.49. The van der Waals surface area contributed by atoms with E-state index in [1.165, 1.54) is 14.2 Å². The Bertz CT molecular complexity index is 677. The van der Waals surface area contributed by atoms with Crippen molar-refractivity contribution in [2.24, 2.45) is 11.3 Å². The third-order valence-electron chi connectivity index (χ3n) is 4.53. The first-order chi connectivity index (χ1) is 12.2. The number of methoxy groups -OCH3 is 2. The molecular weight excluding hydrogens is 356 g/mol. The van der Waals surface area contributed by atoms with Gasteiger partial charge in [0.05, 0.1) is 24.9 Å². The molecule has 1 fully saturated rings. The predicted octanol–water partition coefficient (Wildman–Crippen LogP) is 3.58. The second kappa shape index (κ2) is 8.16. The van der Waals surface area contributed by atoms with Gasteiger partial charge in [-0.05, 0) is 18.9 Å². The number of anilines is 1. The third-order valence-corrected chi connectivity index (χ3v) is 4.82. The number of rotatable bonds is 4. The molecule has 0 aromatic heterocycles.